The number of hydrogen-bond donors (Lipinski definition) is 0. The van der Waals surface area contributed by atoms with Gasteiger partial charge in [0, 0.05) is 27.5 Å². The first kappa shape index (κ1) is 23.9. The molecule has 0 spiro atoms. The maximum atomic E-state index is 6.33. The molecule has 0 saturated carbocycles. The Kier molecular flexibility index (Phi) is 4.92. The molecule has 0 radical (unpaired) electrons. The molecule has 6 aromatic carbocycles. The highest BCUT2D eigenvalue weighted by molar-refractivity contribution is 8.32. The molecule has 42 heavy (non-hydrogen) atoms. The Morgan fingerprint density at radius 2 is 1.21 bits per heavy atom. The number of aromatic nitrogens is 1. The predicted molar refractivity (Wildman–Crippen MR) is 178 cm³/mol. The Hall–Kier alpha value is -4.73. The number of fused-ring (bicyclic) bond motifs is 8. The maximum absolute atomic E-state index is 6.33. The third-order valence-electron chi connectivity index (χ3n) is 9.24. The molecule has 1 unspecified atom stereocenters. The molecule has 1 aliphatic rings. The Morgan fingerprint density at radius 3 is 2.12 bits per heavy atom. The lowest BCUT2D eigenvalue weighted by Gasteiger charge is -2.37. The minimum atomic E-state index is -1.39. The lowest BCUT2D eigenvalue weighted by atomic mass is 9.81. The number of rotatable bonds is 3. The SMILES string of the molecule is CS(C)(c1ccc2c(c1)oc1ccccc12)c1ccccc1C1c2ccccc2-n2c3ccccc3c3cccc1c32. The van der Waals surface area contributed by atoms with Crippen molar-refractivity contribution >= 4 is 53.8 Å². The molecule has 0 saturated heterocycles. The molecule has 0 aliphatic carbocycles. The molecule has 1 atom stereocenters. The summed E-state index contributed by atoms with van der Waals surface area (Å²) in [5.41, 5.74) is 9.89. The van der Waals surface area contributed by atoms with Gasteiger partial charge in [-0.15, -0.1) is 0 Å². The highest BCUT2D eigenvalue weighted by Crippen LogP contribution is 2.61. The van der Waals surface area contributed by atoms with E-state index < -0.39 is 10.0 Å². The van der Waals surface area contributed by atoms with Crippen LogP contribution in [0.2, 0.25) is 0 Å². The molecule has 2 nitrogen and oxygen atoms in total. The smallest absolute Gasteiger partial charge is 0.136 e. The number of furan rings is 1. The van der Waals surface area contributed by atoms with Gasteiger partial charge in [-0.2, -0.15) is 10.0 Å². The van der Waals surface area contributed by atoms with Crippen LogP contribution in [0.15, 0.2) is 148 Å². The zero-order valence-electron chi connectivity index (χ0n) is 23.5. The van der Waals surface area contributed by atoms with Gasteiger partial charge in [-0.1, -0.05) is 91.0 Å². The van der Waals surface area contributed by atoms with Crippen LogP contribution in [0.1, 0.15) is 22.6 Å². The molecular formula is C39H29NOS. The summed E-state index contributed by atoms with van der Waals surface area (Å²) in [5, 5.41) is 4.98. The zero-order chi connectivity index (χ0) is 28.0. The summed E-state index contributed by atoms with van der Waals surface area (Å²) >= 11 is 0. The van der Waals surface area contributed by atoms with Crippen molar-refractivity contribution in [3.8, 4) is 5.69 Å². The topological polar surface area (TPSA) is 18.1 Å². The average molecular weight is 560 g/mol. The van der Waals surface area contributed by atoms with Crippen molar-refractivity contribution in [2.24, 2.45) is 0 Å². The van der Waals surface area contributed by atoms with E-state index >= 15 is 0 Å². The van der Waals surface area contributed by atoms with Gasteiger partial charge in [-0.3, -0.25) is 0 Å². The van der Waals surface area contributed by atoms with Gasteiger partial charge >= 0.3 is 0 Å². The second-order valence-electron chi connectivity index (χ2n) is 11.7. The average Bonchev–Trinajstić information content (AvgIpc) is 3.58. The molecule has 9 rings (SSSR count). The highest BCUT2D eigenvalue weighted by atomic mass is 32.3. The molecule has 2 aromatic heterocycles. The molecular weight excluding hydrogens is 531 g/mol. The molecule has 0 fully saturated rings. The highest BCUT2D eigenvalue weighted by Gasteiger charge is 2.33. The minimum Gasteiger partial charge on any atom is -0.456 e. The van der Waals surface area contributed by atoms with E-state index in [1.165, 1.54) is 64.7 Å². The van der Waals surface area contributed by atoms with Crippen LogP contribution < -0.4 is 0 Å². The first-order valence-corrected chi connectivity index (χ1v) is 16.9. The van der Waals surface area contributed by atoms with Crippen molar-refractivity contribution in [1.29, 1.82) is 0 Å². The van der Waals surface area contributed by atoms with Gasteiger partial charge in [0.1, 0.15) is 11.2 Å². The summed E-state index contributed by atoms with van der Waals surface area (Å²) in [6, 6.07) is 49.0. The van der Waals surface area contributed by atoms with E-state index in [2.05, 4.69) is 144 Å². The summed E-state index contributed by atoms with van der Waals surface area (Å²) in [6.45, 7) is 0. The third kappa shape index (κ3) is 3.17. The molecule has 1 aliphatic heterocycles. The third-order valence-corrected chi connectivity index (χ3v) is 12.1. The standard InChI is InChI=1S/C39H29NOS/c1-42(2,25-22-23-28-27-13-5-9-20-35(27)41-36(28)24-25)37-21-10-6-15-31(37)38-30-14-4-8-19-34(30)40-33-18-7-3-12-26(33)29-16-11-17-32(38)39(29)40/h3-24,38H,1-2H3. The van der Waals surface area contributed by atoms with Gasteiger partial charge in [0.2, 0.25) is 0 Å². The van der Waals surface area contributed by atoms with E-state index in [9.17, 15) is 0 Å². The fraction of sp³-hybridized carbons (Fsp3) is 0.0769. The zero-order valence-corrected chi connectivity index (χ0v) is 24.4. The van der Waals surface area contributed by atoms with Crippen LogP contribution in [0.5, 0.6) is 0 Å². The van der Waals surface area contributed by atoms with Crippen molar-refractivity contribution in [2.45, 2.75) is 15.7 Å². The summed E-state index contributed by atoms with van der Waals surface area (Å²) in [5.74, 6) is 0.139. The largest absolute Gasteiger partial charge is 0.456 e. The van der Waals surface area contributed by atoms with Crippen molar-refractivity contribution < 1.29 is 4.42 Å². The normalized spacial score (nSPS) is 15.0. The Labute approximate surface area is 246 Å². The summed E-state index contributed by atoms with van der Waals surface area (Å²) in [4.78, 5) is 2.75. The van der Waals surface area contributed by atoms with E-state index in [4.69, 9.17) is 4.42 Å². The van der Waals surface area contributed by atoms with Crippen LogP contribution in [0.3, 0.4) is 0 Å². The molecule has 0 bridgehead atoms. The van der Waals surface area contributed by atoms with Crippen LogP contribution in [0, 0.1) is 0 Å². The molecule has 8 aromatic rings. The second-order valence-corrected chi connectivity index (χ2v) is 15.3. The Balaban J connectivity index is 1.29. The van der Waals surface area contributed by atoms with E-state index in [0.717, 1.165) is 11.2 Å². The number of hydrogen-bond acceptors (Lipinski definition) is 1. The van der Waals surface area contributed by atoms with Crippen LogP contribution in [-0.4, -0.2) is 17.1 Å². The molecule has 3 heterocycles. The van der Waals surface area contributed by atoms with Crippen molar-refractivity contribution in [1.82, 2.24) is 4.57 Å². The predicted octanol–water partition coefficient (Wildman–Crippen LogP) is 10.7. The molecule has 202 valence electrons. The van der Waals surface area contributed by atoms with Crippen molar-refractivity contribution in [2.75, 3.05) is 12.5 Å². The van der Waals surface area contributed by atoms with E-state index in [-0.39, 0.29) is 5.92 Å². The summed E-state index contributed by atoms with van der Waals surface area (Å²) < 4.78 is 8.82. The van der Waals surface area contributed by atoms with Gasteiger partial charge < -0.3 is 8.98 Å². The Bertz CT molecular complexity index is 2350. The van der Waals surface area contributed by atoms with Crippen LogP contribution >= 0.6 is 10.0 Å². The summed E-state index contributed by atoms with van der Waals surface area (Å²) in [7, 11) is -1.39. The van der Waals surface area contributed by atoms with Crippen molar-refractivity contribution in [3.63, 3.8) is 0 Å². The van der Waals surface area contributed by atoms with Crippen molar-refractivity contribution in [3.05, 3.63) is 150 Å². The minimum absolute atomic E-state index is 0.139. The Morgan fingerprint density at radius 1 is 0.548 bits per heavy atom. The fourth-order valence-corrected chi connectivity index (χ4v) is 9.56. The van der Waals surface area contributed by atoms with Gasteiger partial charge in [-0.05, 0) is 81.5 Å². The van der Waals surface area contributed by atoms with E-state index in [1.807, 2.05) is 6.07 Å². The number of para-hydroxylation sites is 4. The lowest BCUT2D eigenvalue weighted by molar-refractivity contribution is 0.668. The van der Waals surface area contributed by atoms with Gasteiger partial charge in [0.15, 0.2) is 0 Å². The first-order valence-electron chi connectivity index (χ1n) is 14.5. The van der Waals surface area contributed by atoms with Gasteiger partial charge in [0.25, 0.3) is 0 Å². The summed E-state index contributed by atoms with van der Waals surface area (Å²) in [6.07, 6.45) is 4.87. The second kappa shape index (κ2) is 8.64. The van der Waals surface area contributed by atoms with E-state index in [1.54, 1.807) is 0 Å². The lowest BCUT2D eigenvalue weighted by Crippen LogP contribution is -2.16. The molecule has 3 heteroatoms. The first-order chi connectivity index (χ1) is 20.6. The van der Waals surface area contributed by atoms with Gasteiger partial charge in [-0.25, -0.2) is 0 Å². The quantitative estimate of drug-likeness (QED) is 0.211. The van der Waals surface area contributed by atoms with E-state index in [0.29, 0.717) is 0 Å². The monoisotopic (exact) mass is 559 g/mol. The van der Waals surface area contributed by atoms with Crippen LogP contribution in [-0.2, 0) is 0 Å². The van der Waals surface area contributed by atoms with Crippen LogP contribution in [0.25, 0.3) is 49.4 Å². The molecule has 0 amide bonds. The maximum Gasteiger partial charge on any atom is 0.136 e. The molecule has 0 N–H and O–H groups in total. The van der Waals surface area contributed by atoms with Crippen LogP contribution in [0.4, 0.5) is 0 Å². The number of nitrogens with zero attached hydrogens (tertiary/aromatic N) is 1. The number of benzene rings is 6. The fourth-order valence-electron chi connectivity index (χ4n) is 7.30. The van der Waals surface area contributed by atoms with Gasteiger partial charge in [0.05, 0.1) is 16.7 Å².